The van der Waals surface area contributed by atoms with Gasteiger partial charge in [0.05, 0.1) is 5.03 Å². The van der Waals surface area contributed by atoms with Gasteiger partial charge in [0.1, 0.15) is 6.04 Å². The van der Waals surface area contributed by atoms with E-state index in [1.807, 2.05) is 0 Å². The van der Waals surface area contributed by atoms with Gasteiger partial charge in [-0.15, -0.1) is 4.91 Å². The average Bonchev–Trinajstić information content (AvgIpc) is 1.95. The molecule has 52 valence electrons. The molecule has 10 heavy (non-hydrogen) atoms. The minimum atomic E-state index is -0.579. The van der Waals surface area contributed by atoms with Crippen LogP contribution < -0.4 is 0 Å². The van der Waals surface area contributed by atoms with Gasteiger partial charge in [0.25, 0.3) is 0 Å². The zero-order chi connectivity index (χ0) is 7.56. The highest BCUT2D eigenvalue weighted by Gasteiger charge is 2.12. The van der Waals surface area contributed by atoms with Gasteiger partial charge in [-0.05, 0) is 18.2 Å². The second-order valence-corrected chi connectivity index (χ2v) is 2.24. The fourth-order valence-electron chi connectivity index (χ4n) is 0.619. The molecule has 0 fully saturated rings. The van der Waals surface area contributed by atoms with Crippen LogP contribution in [0.1, 0.15) is 0 Å². The lowest BCUT2D eigenvalue weighted by Gasteiger charge is -2.01. The first-order valence-electron chi connectivity index (χ1n) is 2.66. The van der Waals surface area contributed by atoms with Gasteiger partial charge < -0.3 is 0 Å². The van der Waals surface area contributed by atoms with Gasteiger partial charge in [-0.3, -0.25) is 4.79 Å². The van der Waals surface area contributed by atoms with Crippen molar-refractivity contribution in [2.24, 2.45) is 5.18 Å². The fraction of sp³-hybridized carbons (Fsp3) is 0.167. The van der Waals surface area contributed by atoms with Crippen LogP contribution in [0.3, 0.4) is 0 Å². The Morgan fingerprint density at radius 3 is 2.80 bits per heavy atom. The Hall–Kier alpha value is -0.960. The van der Waals surface area contributed by atoms with E-state index in [0.29, 0.717) is 0 Å². The number of carbonyl (C=O) groups excluding carboxylic acids is 1. The highest BCUT2D eigenvalue weighted by Crippen LogP contribution is 2.13. The van der Waals surface area contributed by atoms with Crippen LogP contribution in [0.4, 0.5) is 0 Å². The molecule has 0 radical (unpaired) electrons. The number of hydrogen-bond donors (Lipinski definition) is 0. The van der Waals surface area contributed by atoms with E-state index in [0.717, 1.165) is 0 Å². The molecule has 1 atom stereocenters. The summed E-state index contributed by atoms with van der Waals surface area (Å²) < 4.78 is 0. The van der Waals surface area contributed by atoms with Gasteiger partial charge in [-0.2, -0.15) is 0 Å². The lowest BCUT2D eigenvalue weighted by Crippen LogP contribution is -2.05. The molecule has 0 heterocycles. The summed E-state index contributed by atoms with van der Waals surface area (Å²) in [7, 11) is 0. The maximum atomic E-state index is 10.6. The van der Waals surface area contributed by atoms with Gasteiger partial charge in [0, 0.05) is 0 Å². The van der Waals surface area contributed by atoms with Crippen molar-refractivity contribution in [3.8, 4) is 0 Å². The third-order valence-electron chi connectivity index (χ3n) is 1.12. The quantitative estimate of drug-likeness (QED) is 0.540. The Morgan fingerprint density at radius 1 is 1.60 bits per heavy atom. The van der Waals surface area contributed by atoms with E-state index in [4.69, 9.17) is 11.6 Å². The molecule has 0 spiro atoms. The first kappa shape index (κ1) is 7.15. The van der Waals surface area contributed by atoms with Crippen LogP contribution in [0, 0.1) is 4.91 Å². The topological polar surface area (TPSA) is 46.5 Å². The molecular weight excluding hydrogens is 154 g/mol. The smallest absolute Gasteiger partial charge is 0.196 e. The molecule has 0 aliphatic heterocycles. The van der Waals surface area contributed by atoms with E-state index in [9.17, 15) is 9.70 Å². The maximum Gasteiger partial charge on any atom is 0.196 e. The highest BCUT2D eigenvalue weighted by molar-refractivity contribution is 6.44. The SMILES string of the molecule is O=NC1C=CC(=O)C(Cl)=C1. The number of carbonyl (C=O) groups is 1. The van der Waals surface area contributed by atoms with Crippen LogP contribution in [-0.2, 0) is 4.79 Å². The molecule has 0 amide bonds. The zero-order valence-corrected chi connectivity index (χ0v) is 5.71. The van der Waals surface area contributed by atoms with E-state index in [1.54, 1.807) is 0 Å². The number of allylic oxidation sites excluding steroid dienone is 2. The number of rotatable bonds is 1. The van der Waals surface area contributed by atoms with Crippen molar-refractivity contribution in [1.29, 1.82) is 0 Å². The second kappa shape index (κ2) is 2.75. The van der Waals surface area contributed by atoms with E-state index in [1.165, 1.54) is 18.2 Å². The normalized spacial score (nSPS) is 24.3. The Kier molecular flexibility index (Phi) is 1.97. The monoisotopic (exact) mass is 157 g/mol. The molecule has 1 aliphatic carbocycles. The lowest BCUT2D eigenvalue weighted by atomic mass is 10.1. The van der Waals surface area contributed by atoms with Crippen LogP contribution in [-0.4, -0.2) is 11.8 Å². The summed E-state index contributed by atoms with van der Waals surface area (Å²) >= 11 is 5.40. The lowest BCUT2D eigenvalue weighted by molar-refractivity contribution is -0.110. The molecule has 1 rings (SSSR count). The molecule has 0 bridgehead atoms. The third-order valence-corrected chi connectivity index (χ3v) is 1.43. The standard InChI is InChI=1S/C6H4ClNO2/c7-5-3-4(8-10)1-2-6(5)9/h1-4H. The predicted molar refractivity (Wildman–Crippen MR) is 37.7 cm³/mol. The molecule has 0 saturated heterocycles. The second-order valence-electron chi connectivity index (χ2n) is 1.83. The third kappa shape index (κ3) is 1.30. The summed E-state index contributed by atoms with van der Waals surface area (Å²) in [5.41, 5.74) is 0. The molecule has 1 aliphatic rings. The molecule has 0 N–H and O–H groups in total. The van der Waals surface area contributed by atoms with Crippen molar-refractivity contribution in [1.82, 2.24) is 0 Å². The van der Waals surface area contributed by atoms with E-state index in [2.05, 4.69) is 5.18 Å². The molecule has 1 unspecified atom stereocenters. The summed E-state index contributed by atoms with van der Waals surface area (Å²) in [6, 6.07) is -0.579. The number of halogens is 1. The average molecular weight is 158 g/mol. The van der Waals surface area contributed by atoms with Crippen molar-refractivity contribution in [2.75, 3.05) is 0 Å². The van der Waals surface area contributed by atoms with Crippen molar-refractivity contribution in [3.05, 3.63) is 28.2 Å². The van der Waals surface area contributed by atoms with Gasteiger partial charge in [0.15, 0.2) is 5.78 Å². The Balaban J connectivity index is 2.83. The Bertz CT molecular complexity index is 232. The van der Waals surface area contributed by atoms with Gasteiger partial charge in [-0.1, -0.05) is 16.8 Å². The van der Waals surface area contributed by atoms with Gasteiger partial charge >= 0.3 is 0 Å². The highest BCUT2D eigenvalue weighted by atomic mass is 35.5. The molecule has 4 heteroatoms. The van der Waals surface area contributed by atoms with E-state index >= 15 is 0 Å². The molecule has 0 aromatic heterocycles. The minimum absolute atomic E-state index is 0.0621. The summed E-state index contributed by atoms with van der Waals surface area (Å²) in [4.78, 5) is 20.5. The van der Waals surface area contributed by atoms with Crippen LogP contribution in [0.2, 0.25) is 0 Å². The largest absolute Gasteiger partial charge is 0.288 e. The van der Waals surface area contributed by atoms with E-state index in [-0.39, 0.29) is 10.8 Å². The van der Waals surface area contributed by atoms with E-state index < -0.39 is 6.04 Å². The summed E-state index contributed by atoms with van der Waals surface area (Å²) in [5, 5.41) is 2.74. The van der Waals surface area contributed by atoms with Crippen molar-refractivity contribution in [2.45, 2.75) is 6.04 Å². The Morgan fingerprint density at radius 2 is 2.30 bits per heavy atom. The summed E-state index contributed by atoms with van der Waals surface area (Å²) in [5.74, 6) is -0.276. The first-order chi connectivity index (χ1) is 4.74. The van der Waals surface area contributed by atoms with Crippen LogP contribution >= 0.6 is 11.6 Å². The molecule has 0 aromatic rings. The number of hydrogen-bond acceptors (Lipinski definition) is 3. The number of ketones is 1. The van der Waals surface area contributed by atoms with Crippen LogP contribution in [0.15, 0.2) is 28.4 Å². The van der Waals surface area contributed by atoms with Crippen molar-refractivity contribution >= 4 is 17.4 Å². The zero-order valence-electron chi connectivity index (χ0n) is 4.95. The minimum Gasteiger partial charge on any atom is -0.288 e. The molecule has 3 nitrogen and oxygen atoms in total. The molecule has 0 aromatic carbocycles. The Labute approximate surface area is 62.3 Å². The predicted octanol–water partition coefficient (Wildman–Crippen LogP) is 1.38. The summed E-state index contributed by atoms with van der Waals surface area (Å²) in [6.45, 7) is 0. The first-order valence-corrected chi connectivity index (χ1v) is 3.04. The van der Waals surface area contributed by atoms with Crippen LogP contribution in [0.5, 0.6) is 0 Å². The van der Waals surface area contributed by atoms with Crippen LogP contribution in [0.25, 0.3) is 0 Å². The number of nitroso groups, excluding NO2 is 1. The van der Waals surface area contributed by atoms with Gasteiger partial charge in [-0.25, -0.2) is 0 Å². The molecule has 0 saturated carbocycles. The summed E-state index contributed by atoms with van der Waals surface area (Å²) in [6.07, 6.45) is 3.96. The maximum absolute atomic E-state index is 10.6. The van der Waals surface area contributed by atoms with Crippen molar-refractivity contribution in [3.63, 3.8) is 0 Å². The number of nitrogens with zero attached hydrogens (tertiary/aromatic N) is 1. The fourth-order valence-corrected chi connectivity index (χ4v) is 0.811. The van der Waals surface area contributed by atoms with Crippen molar-refractivity contribution < 1.29 is 4.79 Å². The van der Waals surface area contributed by atoms with Gasteiger partial charge in [0.2, 0.25) is 0 Å². The molecular formula is C6H4ClNO2.